The number of benzene rings is 2. The molecule has 2 aromatic carbocycles. The Morgan fingerprint density at radius 3 is 2.50 bits per heavy atom. The van der Waals surface area contributed by atoms with Crippen LogP contribution >= 0.6 is 11.8 Å². The maximum absolute atomic E-state index is 12.8. The van der Waals surface area contributed by atoms with Crippen molar-refractivity contribution in [2.24, 2.45) is 10.9 Å². The van der Waals surface area contributed by atoms with Crippen molar-refractivity contribution in [1.82, 2.24) is 5.32 Å². The monoisotopic (exact) mass is 392 g/mol. The van der Waals surface area contributed by atoms with Crippen LogP contribution in [0.15, 0.2) is 45.1 Å². The van der Waals surface area contributed by atoms with Gasteiger partial charge in [-0.2, -0.15) is 0 Å². The number of aliphatic imine (C=N–C) groups is 1. The SMILES string of the molecule is CC1=Nc2cc(C(=O)NC3CCC(C)CC3)ccc2Sc2c(C)ccc(C)c21. The van der Waals surface area contributed by atoms with Gasteiger partial charge < -0.3 is 5.32 Å². The molecule has 0 unspecified atom stereocenters. The second kappa shape index (κ2) is 7.75. The van der Waals surface area contributed by atoms with E-state index in [0.717, 1.165) is 35.1 Å². The molecule has 1 amide bonds. The normalized spacial score (nSPS) is 21.2. The largest absolute Gasteiger partial charge is 0.349 e. The zero-order valence-electron chi connectivity index (χ0n) is 17.1. The van der Waals surface area contributed by atoms with Crippen LogP contribution in [-0.4, -0.2) is 17.7 Å². The van der Waals surface area contributed by atoms with Crippen LogP contribution in [-0.2, 0) is 0 Å². The highest BCUT2D eigenvalue weighted by atomic mass is 32.2. The van der Waals surface area contributed by atoms with Crippen LogP contribution in [0.25, 0.3) is 0 Å². The van der Waals surface area contributed by atoms with Crippen molar-refractivity contribution in [2.75, 3.05) is 0 Å². The molecule has 1 saturated carbocycles. The fourth-order valence-corrected chi connectivity index (χ4v) is 5.42. The number of fused-ring (bicyclic) bond motifs is 2. The first-order valence-corrected chi connectivity index (χ1v) is 11.0. The highest BCUT2D eigenvalue weighted by molar-refractivity contribution is 7.99. The van der Waals surface area contributed by atoms with Gasteiger partial charge in [0.05, 0.1) is 5.69 Å². The minimum atomic E-state index is 0.0225. The number of carbonyl (C=O) groups is 1. The fraction of sp³-hybridized carbons (Fsp3) is 0.417. The maximum atomic E-state index is 12.8. The summed E-state index contributed by atoms with van der Waals surface area (Å²) in [6, 6.07) is 10.6. The van der Waals surface area contributed by atoms with E-state index in [1.54, 1.807) is 11.8 Å². The summed E-state index contributed by atoms with van der Waals surface area (Å²) in [5, 5.41) is 3.23. The van der Waals surface area contributed by atoms with Gasteiger partial charge in [0.2, 0.25) is 0 Å². The quantitative estimate of drug-likeness (QED) is 0.659. The van der Waals surface area contributed by atoms with Crippen molar-refractivity contribution in [1.29, 1.82) is 0 Å². The van der Waals surface area contributed by atoms with E-state index >= 15 is 0 Å². The summed E-state index contributed by atoms with van der Waals surface area (Å²) < 4.78 is 0. The molecule has 28 heavy (non-hydrogen) atoms. The summed E-state index contributed by atoms with van der Waals surface area (Å²) in [7, 11) is 0. The Balaban J connectivity index is 1.62. The van der Waals surface area contributed by atoms with Gasteiger partial charge in [-0.3, -0.25) is 9.79 Å². The third kappa shape index (κ3) is 3.75. The van der Waals surface area contributed by atoms with Crippen LogP contribution in [0.5, 0.6) is 0 Å². The smallest absolute Gasteiger partial charge is 0.251 e. The molecule has 0 spiro atoms. The Kier molecular flexibility index (Phi) is 5.33. The summed E-state index contributed by atoms with van der Waals surface area (Å²) in [6.07, 6.45) is 4.57. The molecule has 146 valence electrons. The van der Waals surface area contributed by atoms with E-state index in [2.05, 4.69) is 45.1 Å². The van der Waals surface area contributed by atoms with Crippen molar-refractivity contribution in [3.63, 3.8) is 0 Å². The first-order chi connectivity index (χ1) is 13.4. The van der Waals surface area contributed by atoms with E-state index in [1.165, 1.54) is 34.4 Å². The molecule has 0 bridgehead atoms. The second-order valence-corrected chi connectivity index (χ2v) is 9.37. The molecule has 0 radical (unpaired) electrons. The van der Waals surface area contributed by atoms with Crippen molar-refractivity contribution < 1.29 is 4.79 Å². The molecule has 4 rings (SSSR count). The lowest BCUT2D eigenvalue weighted by Gasteiger charge is -2.27. The molecule has 1 heterocycles. The van der Waals surface area contributed by atoms with E-state index in [9.17, 15) is 4.79 Å². The topological polar surface area (TPSA) is 41.5 Å². The number of hydrogen-bond donors (Lipinski definition) is 1. The predicted molar refractivity (Wildman–Crippen MR) is 117 cm³/mol. The van der Waals surface area contributed by atoms with E-state index < -0.39 is 0 Å². The van der Waals surface area contributed by atoms with Gasteiger partial charge in [0.25, 0.3) is 5.91 Å². The molecule has 1 N–H and O–H groups in total. The van der Waals surface area contributed by atoms with Crippen LogP contribution < -0.4 is 5.32 Å². The maximum Gasteiger partial charge on any atom is 0.251 e. The minimum absolute atomic E-state index is 0.0225. The van der Waals surface area contributed by atoms with Gasteiger partial charge in [0.15, 0.2) is 0 Å². The third-order valence-corrected chi connectivity index (χ3v) is 7.29. The molecular weight excluding hydrogens is 364 g/mol. The summed E-state index contributed by atoms with van der Waals surface area (Å²) in [6.45, 7) is 8.65. The van der Waals surface area contributed by atoms with E-state index in [4.69, 9.17) is 4.99 Å². The van der Waals surface area contributed by atoms with Crippen molar-refractivity contribution in [3.05, 3.63) is 52.6 Å². The summed E-state index contributed by atoms with van der Waals surface area (Å²) in [5.74, 6) is 0.804. The molecular formula is C24H28N2OS. The number of nitrogens with zero attached hydrogens (tertiary/aromatic N) is 1. The average molecular weight is 393 g/mol. The van der Waals surface area contributed by atoms with Gasteiger partial charge in [0.1, 0.15) is 0 Å². The lowest BCUT2D eigenvalue weighted by atomic mass is 9.87. The molecule has 4 heteroatoms. The molecule has 1 aliphatic carbocycles. The van der Waals surface area contributed by atoms with Gasteiger partial charge in [-0.15, -0.1) is 0 Å². The molecule has 1 aliphatic heterocycles. The fourth-order valence-electron chi connectivity index (χ4n) is 4.22. The molecule has 0 saturated heterocycles. The number of hydrogen-bond acceptors (Lipinski definition) is 3. The minimum Gasteiger partial charge on any atom is -0.349 e. The average Bonchev–Trinajstić information content (AvgIpc) is 2.82. The number of amides is 1. The number of carbonyl (C=O) groups excluding carboxylic acids is 1. The Morgan fingerprint density at radius 2 is 1.75 bits per heavy atom. The third-order valence-electron chi connectivity index (χ3n) is 6.00. The highest BCUT2D eigenvalue weighted by Gasteiger charge is 2.22. The Hall–Kier alpha value is -2.07. The van der Waals surface area contributed by atoms with Gasteiger partial charge in [-0.1, -0.05) is 30.8 Å². The van der Waals surface area contributed by atoms with Crippen LogP contribution in [0, 0.1) is 19.8 Å². The van der Waals surface area contributed by atoms with E-state index in [-0.39, 0.29) is 5.91 Å². The van der Waals surface area contributed by atoms with Gasteiger partial charge in [0, 0.05) is 32.7 Å². The second-order valence-electron chi connectivity index (χ2n) is 8.32. The van der Waals surface area contributed by atoms with Gasteiger partial charge in [-0.25, -0.2) is 0 Å². The Bertz CT molecular complexity index is 955. The molecule has 2 aromatic rings. The zero-order chi connectivity index (χ0) is 19.8. The first-order valence-electron chi connectivity index (χ1n) is 10.2. The summed E-state index contributed by atoms with van der Waals surface area (Å²) in [4.78, 5) is 20.1. The van der Waals surface area contributed by atoms with Crippen LogP contribution in [0.4, 0.5) is 5.69 Å². The van der Waals surface area contributed by atoms with Crippen LogP contribution in [0.1, 0.15) is 66.6 Å². The van der Waals surface area contributed by atoms with E-state index in [1.807, 2.05) is 18.2 Å². The van der Waals surface area contributed by atoms with Gasteiger partial charge in [-0.05, 0) is 81.7 Å². The van der Waals surface area contributed by atoms with Gasteiger partial charge >= 0.3 is 0 Å². The van der Waals surface area contributed by atoms with Crippen molar-refractivity contribution in [2.45, 2.75) is 69.2 Å². The van der Waals surface area contributed by atoms with E-state index in [0.29, 0.717) is 11.6 Å². The molecule has 0 atom stereocenters. The Morgan fingerprint density at radius 1 is 1.04 bits per heavy atom. The first kappa shape index (κ1) is 19.3. The summed E-state index contributed by atoms with van der Waals surface area (Å²) >= 11 is 1.76. The van der Waals surface area contributed by atoms with Crippen molar-refractivity contribution in [3.8, 4) is 0 Å². The highest BCUT2D eigenvalue weighted by Crippen LogP contribution is 2.43. The van der Waals surface area contributed by atoms with Crippen molar-refractivity contribution >= 4 is 29.1 Å². The predicted octanol–water partition coefficient (Wildman–Crippen LogP) is 6.22. The number of nitrogens with one attached hydrogen (secondary N) is 1. The summed E-state index contributed by atoms with van der Waals surface area (Å²) in [5.41, 5.74) is 6.34. The standard InChI is InChI=1S/C24H28N2OS/c1-14-5-10-19(11-6-14)26-24(27)18-9-12-21-20(13-18)25-17(4)22-15(2)7-8-16(3)23(22)28-21/h7-9,12-14,19H,5-6,10-11H2,1-4H3,(H,26,27). The molecule has 3 nitrogen and oxygen atoms in total. The zero-order valence-corrected chi connectivity index (χ0v) is 18.0. The number of rotatable bonds is 2. The van der Waals surface area contributed by atoms with Crippen LogP contribution in [0.3, 0.4) is 0 Å². The van der Waals surface area contributed by atoms with Crippen LogP contribution in [0.2, 0.25) is 0 Å². The molecule has 0 aromatic heterocycles. The Labute approximate surface area is 172 Å². The lowest BCUT2D eigenvalue weighted by molar-refractivity contribution is 0.0923. The lowest BCUT2D eigenvalue weighted by Crippen LogP contribution is -2.37. The molecule has 2 aliphatic rings. The number of aryl methyl sites for hydroxylation is 2. The molecule has 1 fully saturated rings.